The van der Waals surface area contributed by atoms with Crippen LogP contribution in [0.5, 0.6) is 0 Å². The molecule has 0 amide bonds. The molecule has 39 heavy (non-hydrogen) atoms. The van der Waals surface area contributed by atoms with E-state index in [2.05, 4.69) is 27.3 Å². The molecule has 7 nitrogen and oxygen atoms in total. The number of nitrogens with zero attached hydrogens (tertiary/aromatic N) is 6. The van der Waals surface area contributed by atoms with Crippen LogP contribution >= 0.6 is 0 Å². The van der Waals surface area contributed by atoms with Crippen LogP contribution < -0.4 is 16.0 Å². The monoisotopic (exact) mass is 530 g/mol. The van der Waals surface area contributed by atoms with Gasteiger partial charge in [-0.2, -0.15) is 18.4 Å². The summed E-state index contributed by atoms with van der Waals surface area (Å²) in [7, 11) is 0. The van der Waals surface area contributed by atoms with Gasteiger partial charge in [-0.3, -0.25) is 4.79 Å². The molecular weight excluding hydrogens is 505 g/mol. The fourth-order valence-electron chi connectivity index (χ4n) is 4.84. The minimum atomic E-state index is -4.57. The molecule has 0 saturated carbocycles. The molecule has 0 N–H and O–H groups in total. The first-order chi connectivity index (χ1) is 18.6. The molecule has 0 aliphatic heterocycles. The highest BCUT2D eigenvalue weighted by atomic mass is 19.4. The zero-order valence-corrected chi connectivity index (χ0v) is 21.7. The van der Waals surface area contributed by atoms with Gasteiger partial charge in [0.25, 0.3) is 5.56 Å². The van der Waals surface area contributed by atoms with Crippen LogP contribution in [0.3, 0.4) is 0 Å². The summed E-state index contributed by atoms with van der Waals surface area (Å²) >= 11 is 0. The van der Waals surface area contributed by atoms with Crippen molar-refractivity contribution in [1.82, 2.24) is 24.4 Å². The highest BCUT2D eigenvalue weighted by Gasteiger charge is 2.32. The Balaban J connectivity index is 1.86. The van der Waals surface area contributed by atoms with Gasteiger partial charge in [0.1, 0.15) is 5.69 Å². The van der Waals surface area contributed by atoms with Crippen LogP contribution in [-0.2, 0) is 19.1 Å². The Labute approximate surface area is 221 Å². The average molecular weight is 531 g/mol. The van der Waals surface area contributed by atoms with Gasteiger partial charge in [0.15, 0.2) is 11.5 Å². The number of fused-ring (bicyclic) bond motifs is 1. The summed E-state index contributed by atoms with van der Waals surface area (Å²) in [5.74, 6) is 0.551. The molecule has 3 aromatic rings. The lowest BCUT2D eigenvalue weighted by atomic mass is 9.96. The lowest BCUT2D eigenvalue weighted by molar-refractivity contribution is -0.141. The zero-order chi connectivity index (χ0) is 27.9. The summed E-state index contributed by atoms with van der Waals surface area (Å²) in [5.41, 5.74) is 3.07. The highest BCUT2D eigenvalue weighted by Crippen LogP contribution is 2.28. The molecule has 10 heteroatoms. The number of pyridine rings is 1. The van der Waals surface area contributed by atoms with Gasteiger partial charge in [-0.25, -0.2) is 14.2 Å². The third-order valence-electron chi connectivity index (χ3n) is 6.96. The third-order valence-corrected chi connectivity index (χ3v) is 6.96. The van der Waals surface area contributed by atoms with Crippen molar-refractivity contribution < 1.29 is 13.2 Å². The van der Waals surface area contributed by atoms with Gasteiger partial charge in [-0.1, -0.05) is 48.9 Å². The molecule has 2 aliphatic rings. The first-order valence-electron chi connectivity index (χ1n) is 12.5. The number of nitriles is 1. The molecule has 3 heterocycles. The van der Waals surface area contributed by atoms with Crippen molar-refractivity contribution >= 4 is 16.8 Å². The molecule has 0 bridgehead atoms. The van der Waals surface area contributed by atoms with Crippen molar-refractivity contribution in [2.45, 2.75) is 52.8 Å². The van der Waals surface area contributed by atoms with Gasteiger partial charge < -0.3 is 0 Å². The van der Waals surface area contributed by atoms with Gasteiger partial charge in [-0.05, 0) is 55.5 Å². The predicted molar refractivity (Wildman–Crippen MR) is 141 cm³/mol. The number of aryl methyl sites for hydroxylation is 2. The highest BCUT2D eigenvalue weighted by molar-refractivity contribution is 5.71. The largest absolute Gasteiger partial charge is 0.433 e. The van der Waals surface area contributed by atoms with Crippen LogP contribution in [0.25, 0.3) is 16.8 Å². The number of rotatable bonds is 3. The molecule has 3 aromatic heterocycles. The molecule has 0 radical (unpaired) electrons. The van der Waals surface area contributed by atoms with Crippen LogP contribution in [0, 0.1) is 18.3 Å². The van der Waals surface area contributed by atoms with Crippen LogP contribution in [0.2, 0.25) is 0 Å². The van der Waals surface area contributed by atoms with E-state index in [1.807, 2.05) is 26.0 Å². The topological polar surface area (TPSA) is 88.9 Å². The van der Waals surface area contributed by atoms with Crippen LogP contribution in [0.15, 0.2) is 64.5 Å². The molecule has 0 fully saturated rings. The van der Waals surface area contributed by atoms with E-state index in [4.69, 9.17) is 0 Å². The SMILES string of the molecule is CCc1nnc2c(=C3C=CC(C)=CC3)c(=C3C=CC(C#N)=CC3)c(=O)n(Cc3ccc(C(F)(F)F)nc3C)n12. The summed E-state index contributed by atoms with van der Waals surface area (Å²) in [6, 6.07) is 4.40. The smallest absolute Gasteiger partial charge is 0.267 e. The minimum Gasteiger partial charge on any atom is -0.267 e. The molecule has 0 saturated heterocycles. The predicted octanol–water partition coefficient (Wildman–Crippen LogP) is 3.84. The lowest BCUT2D eigenvalue weighted by Crippen LogP contribution is -2.50. The Hall–Kier alpha value is -4.52. The summed E-state index contributed by atoms with van der Waals surface area (Å²) in [4.78, 5) is 18.1. The standard InChI is InChI=1S/C29H25F3N6O/c1-4-24-35-36-27-25(20-9-5-17(2)6-10-20)26(21-11-7-19(15-33)8-12-21)28(39)37(38(24)27)16-22-13-14-23(29(30,31)32)34-18(22)3/h5-9,11,13-14H,4,10,12,16H2,1-3H3. The van der Waals surface area contributed by atoms with E-state index in [9.17, 15) is 23.2 Å². The maximum absolute atomic E-state index is 14.4. The normalized spacial score (nSPS) is 18.3. The number of allylic oxidation sites excluding steroid dienone is 8. The van der Waals surface area contributed by atoms with E-state index in [0.29, 0.717) is 52.3 Å². The Kier molecular flexibility index (Phi) is 6.68. The minimum absolute atomic E-state index is 0.0227. The Morgan fingerprint density at radius 1 is 1.00 bits per heavy atom. The number of hydrogen-bond acceptors (Lipinski definition) is 5. The molecular formula is C29H25F3N6O. The Bertz CT molecular complexity index is 1860. The van der Waals surface area contributed by atoms with E-state index < -0.39 is 11.9 Å². The fourth-order valence-corrected chi connectivity index (χ4v) is 4.84. The maximum Gasteiger partial charge on any atom is 0.433 e. The number of alkyl halides is 3. The van der Waals surface area contributed by atoms with Crippen molar-refractivity contribution in [1.29, 1.82) is 5.26 Å². The summed E-state index contributed by atoms with van der Waals surface area (Å²) in [5, 5.41) is 19.3. The van der Waals surface area contributed by atoms with Crippen LogP contribution in [0.4, 0.5) is 13.2 Å². The molecule has 5 rings (SSSR count). The van der Waals surface area contributed by atoms with E-state index in [0.717, 1.165) is 22.8 Å². The van der Waals surface area contributed by atoms with Gasteiger partial charge in [0, 0.05) is 22.9 Å². The number of halogens is 3. The summed E-state index contributed by atoms with van der Waals surface area (Å²) < 4.78 is 42.8. The van der Waals surface area contributed by atoms with Crippen LogP contribution in [0.1, 0.15) is 49.5 Å². The van der Waals surface area contributed by atoms with Crippen molar-refractivity contribution in [3.63, 3.8) is 0 Å². The van der Waals surface area contributed by atoms with Crippen molar-refractivity contribution in [3.05, 3.63) is 103 Å². The van der Waals surface area contributed by atoms with Crippen molar-refractivity contribution in [2.24, 2.45) is 0 Å². The van der Waals surface area contributed by atoms with Crippen LogP contribution in [-0.4, -0.2) is 24.4 Å². The van der Waals surface area contributed by atoms with Gasteiger partial charge in [0.2, 0.25) is 0 Å². The van der Waals surface area contributed by atoms with Crippen molar-refractivity contribution in [3.8, 4) is 6.07 Å². The molecule has 2 aliphatic carbocycles. The molecule has 0 spiro atoms. The Morgan fingerprint density at radius 3 is 2.31 bits per heavy atom. The van der Waals surface area contributed by atoms with Gasteiger partial charge in [0.05, 0.1) is 17.8 Å². The molecule has 0 atom stereocenters. The maximum atomic E-state index is 14.4. The van der Waals surface area contributed by atoms with E-state index in [-0.39, 0.29) is 17.8 Å². The second-order valence-corrected chi connectivity index (χ2v) is 9.50. The zero-order valence-electron chi connectivity index (χ0n) is 21.7. The summed E-state index contributed by atoms with van der Waals surface area (Å²) in [6.07, 6.45) is 8.14. The molecule has 0 aromatic carbocycles. The second kappa shape index (κ2) is 9.98. The lowest BCUT2D eigenvalue weighted by Gasteiger charge is -2.16. The van der Waals surface area contributed by atoms with E-state index in [1.54, 1.807) is 22.7 Å². The number of hydrogen-bond donors (Lipinski definition) is 0. The fraction of sp³-hybridized carbons (Fsp3) is 0.276. The van der Waals surface area contributed by atoms with Gasteiger partial charge in [-0.15, -0.1) is 10.2 Å². The molecule has 0 unspecified atom stereocenters. The Morgan fingerprint density at radius 2 is 1.72 bits per heavy atom. The second-order valence-electron chi connectivity index (χ2n) is 9.50. The van der Waals surface area contributed by atoms with E-state index in [1.165, 1.54) is 17.7 Å². The first kappa shape index (κ1) is 26.1. The van der Waals surface area contributed by atoms with E-state index >= 15 is 0 Å². The van der Waals surface area contributed by atoms with Crippen molar-refractivity contribution in [2.75, 3.05) is 0 Å². The van der Waals surface area contributed by atoms with Gasteiger partial charge >= 0.3 is 6.18 Å². The first-order valence-corrected chi connectivity index (χ1v) is 12.5. The molecule has 198 valence electrons. The average Bonchev–Trinajstić information content (AvgIpc) is 3.34. The number of aromatic nitrogens is 5. The summed E-state index contributed by atoms with van der Waals surface area (Å²) in [6.45, 7) is 5.38. The quantitative estimate of drug-likeness (QED) is 0.514. The third kappa shape index (κ3) is 4.76.